The Morgan fingerprint density at radius 2 is 1.65 bits per heavy atom. The molecule has 0 fully saturated rings. The maximum Gasteiger partial charge on any atom is 0.277 e. The first-order chi connectivity index (χ1) is 15.0. The van der Waals surface area contributed by atoms with Gasteiger partial charge in [0.05, 0.1) is 6.54 Å². The number of nitrogens with one attached hydrogen (secondary N) is 1. The lowest BCUT2D eigenvalue weighted by atomic mass is 10.2. The Morgan fingerprint density at radius 1 is 0.903 bits per heavy atom. The number of para-hydroxylation sites is 1. The second-order valence-corrected chi connectivity index (χ2v) is 7.73. The molecule has 0 unspecified atom stereocenters. The van der Waals surface area contributed by atoms with Crippen molar-refractivity contribution in [1.82, 2.24) is 19.6 Å². The lowest BCUT2D eigenvalue weighted by molar-refractivity contribution is 0.101. The molecule has 2 aromatic carbocycles. The number of aromatic nitrogens is 4. The number of hydrogen-bond acceptors (Lipinski definition) is 4. The van der Waals surface area contributed by atoms with Crippen LogP contribution in [0.5, 0.6) is 5.75 Å². The van der Waals surface area contributed by atoms with Gasteiger partial charge in [0.2, 0.25) is 0 Å². The average molecular weight is 477 g/mol. The predicted molar refractivity (Wildman–Crippen MR) is 120 cm³/mol. The molecule has 4 aromatic rings. The maximum atomic E-state index is 12.6. The zero-order chi connectivity index (χ0) is 21.8. The summed E-state index contributed by atoms with van der Waals surface area (Å²) >= 11 is 18.7. The lowest BCUT2D eigenvalue weighted by Gasteiger charge is -2.07. The summed E-state index contributed by atoms with van der Waals surface area (Å²) in [5.41, 5.74) is 0.913. The van der Waals surface area contributed by atoms with E-state index in [0.717, 1.165) is 0 Å². The van der Waals surface area contributed by atoms with E-state index in [1.165, 1.54) is 4.68 Å². The number of amides is 1. The summed E-state index contributed by atoms with van der Waals surface area (Å²) < 4.78 is 8.68. The summed E-state index contributed by atoms with van der Waals surface area (Å²) in [6.45, 7) is 0.477. The van der Waals surface area contributed by atoms with E-state index in [9.17, 15) is 4.79 Å². The van der Waals surface area contributed by atoms with Crippen molar-refractivity contribution in [2.45, 2.75) is 13.3 Å². The highest BCUT2D eigenvalue weighted by atomic mass is 35.5. The fourth-order valence-corrected chi connectivity index (χ4v) is 3.51. The minimum atomic E-state index is -0.443. The van der Waals surface area contributed by atoms with E-state index < -0.39 is 5.91 Å². The van der Waals surface area contributed by atoms with Crippen molar-refractivity contribution < 1.29 is 9.53 Å². The van der Waals surface area contributed by atoms with Crippen LogP contribution in [0.1, 0.15) is 16.1 Å². The Labute approximate surface area is 193 Å². The molecule has 1 N–H and O–H groups in total. The number of hydrogen-bond donors (Lipinski definition) is 1. The fraction of sp³-hybridized carbons (Fsp3) is 0.0952. The Kier molecular flexibility index (Phi) is 6.46. The van der Waals surface area contributed by atoms with Gasteiger partial charge in [-0.3, -0.25) is 9.48 Å². The SMILES string of the molecule is O=C(Nc1nn(Cc2c(Cl)cccc2Cl)cc1Cl)c1ccn(COc2ccccc2)n1. The molecule has 0 bridgehead atoms. The van der Waals surface area contributed by atoms with Crippen molar-refractivity contribution in [2.75, 3.05) is 5.32 Å². The first kappa shape index (κ1) is 21.2. The number of ether oxygens (including phenoxy) is 1. The van der Waals surface area contributed by atoms with Crippen LogP contribution < -0.4 is 10.1 Å². The van der Waals surface area contributed by atoms with Gasteiger partial charge in [-0.05, 0) is 30.3 Å². The third-order valence-electron chi connectivity index (χ3n) is 4.31. The summed E-state index contributed by atoms with van der Waals surface area (Å²) in [5.74, 6) is 0.478. The second-order valence-electron chi connectivity index (χ2n) is 6.50. The van der Waals surface area contributed by atoms with Crippen molar-refractivity contribution in [2.24, 2.45) is 0 Å². The van der Waals surface area contributed by atoms with Crippen LogP contribution in [0.3, 0.4) is 0 Å². The normalized spacial score (nSPS) is 10.8. The zero-order valence-electron chi connectivity index (χ0n) is 16.0. The zero-order valence-corrected chi connectivity index (χ0v) is 18.3. The number of anilines is 1. The van der Waals surface area contributed by atoms with Crippen LogP contribution in [0.2, 0.25) is 15.1 Å². The van der Waals surface area contributed by atoms with Gasteiger partial charge in [0.15, 0.2) is 18.2 Å². The van der Waals surface area contributed by atoms with Crippen LogP contribution >= 0.6 is 34.8 Å². The van der Waals surface area contributed by atoms with Gasteiger partial charge in [0.1, 0.15) is 10.8 Å². The summed E-state index contributed by atoms with van der Waals surface area (Å²) in [4.78, 5) is 12.6. The van der Waals surface area contributed by atoms with Crippen molar-refractivity contribution in [3.8, 4) is 5.75 Å². The average Bonchev–Trinajstić information content (AvgIpc) is 3.37. The van der Waals surface area contributed by atoms with Gasteiger partial charge in [-0.1, -0.05) is 59.1 Å². The smallest absolute Gasteiger partial charge is 0.277 e. The fourth-order valence-electron chi connectivity index (χ4n) is 2.79. The minimum absolute atomic E-state index is 0.172. The van der Waals surface area contributed by atoms with E-state index in [-0.39, 0.29) is 23.3 Å². The lowest BCUT2D eigenvalue weighted by Crippen LogP contribution is -2.15. The number of carbonyl (C=O) groups is 1. The molecule has 0 aliphatic rings. The Balaban J connectivity index is 1.40. The second kappa shape index (κ2) is 9.43. The molecule has 0 atom stereocenters. The first-order valence-electron chi connectivity index (χ1n) is 9.18. The standard InChI is InChI=1S/C21H16Cl3N5O2/c22-16-7-4-8-17(23)15(16)11-29-12-18(24)20(27-29)25-21(30)19-9-10-28(26-19)13-31-14-5-2-1-3-6-14/h1-10,12H,11,13H2,(H,25,27,30). The van der Waals surface area contributed by atoms with Gasteiger partial charge < -0.3 is 10.1 Å². The Morgan fingerprint density at radius 3 is 2.39 bits per heavy atom. The van der Waals surface area contributed by atoms with Crippen LogP contribution in [-0.4, -0.2) is 25.5 Å². The molecule has 2 aromatic heterocycles. The van der Waals surface area contributed by atoms with Gasteiger partial charge in [-0.2, -0.15) is 10.2 Å². The van der Waals surface area contributed by atoms with Gasteiger partial charge in [0, 0.05) is 28.0 Å². The minimum Gasteiger partial charge on any atom is -0.471 e. The molecule has 0 radical (unpaired) electrons. The van der Waals surface area contributed by atoms with E-state index in [4.69, 9.17) is 39.5 Å². The van der Waals surface area contributed by atoms with E-state index in [2.05, 4.69) is 15.5 Å². The summed E-state index contributed by atoms with van der Waals surface area (Å²) in [7, 11) is 0. The molecule has 4 rings (SSSR count). The molecule has 158 valence electrons. The van der Waals surface area contributed by atoms with E-state index in [0.29, 0.717) is 27.9 Å². The van der Waals surface area contributed by atoms with E-state index >= 15 is 0 Å². The molecular formula is C21H16Cl3N5O2. The maximum absolute atomic E-state index is 12.6. The van der Waals surface area contributed by atoms with E-state index in [1.54, 1.807) is 41.3 Å². The number of carbonyl (C=O) groups excluding carboxylic acids is 1. The predicted octanol–water partition coefficient (Wildman–Crippen LogP) is 5.38. The quantitative estimate of drug-likeness (QED) is 0.389. The molecule has 0 aliphatic heterocycles. The molecule has 31 heavy (non-hydrogen) atoms. The Hall–Kier alpha value is -3.00. The largest absolute Gasteiger partial charge is 0.471 e. The molecule has 1 amide bonds. The highest BCUT2D eigenvalue weighted by molar-refractivity contribution is 6.36. The monoisotopic (exact) mass is 475 g/mol. The molecule has 0 saturated carbocycles. The summed E-state index contributed by atoms with van der Waals surface area (Å²) in [5, 5.41) is 12.5. The van der Waals surface area contributed by atoms with Crippen LogP contribution in [0.25, 0.3) is 0 Å². The highest BCUT2D eigenvalue weighted by Crippen LogP contribution is 2.27. The molecule has 2 heterocycles. The Bertz CT molecular complexity index is 1190. The number of halogens is 3. The van der Waals surface area contributed by atoms with Gasteiger partial charge in [-0.15, -0.1) is 0 Å². The van der Waals surface area contributed by atoms with Crippen LogP contribution in [-0.2, 0) is 13.3 Å². The van der Waals surface area contributed by atoms with Crippen molar-refractivity contribution in [3.63, 3.8) is 0 Å². The third-order valence-corrected chi connectivity index (χ3v) is 5.30. The topological polar surface area (TPSA) is 74.0 Å². The van der Waals surface area contributed by atoms with E-state index in [1.807, 2.05) is 30.3 Å². The van der Waals surface area contributed by atoms with Crippen LogP contribution in [0.15, 0.2) is 67.0 Å². The van der Waals surface area contributed by atoms with Crippen molar-refractivity contribution in [3.05, 3.63) is 93.3 Å². The van der Waals surface area contributed by atoms with Crippen LogP contribution in [0, 0.1) is 0 Å². The summed E-state index contributed by atoms with van der Waals surface area (Å²) in [6, 6.07) is 16.2. The van der Waals surface area contributed by atoms with Gasteiger partial charge in [0.25, 0.3) is 5.91 Å². The molecule has 7 nitrogen and oxygen atoms in total. The number of nitrogens with zero attached hydrogens (tertiary/aromatic N) is 4. The third kappa shape index (κ3) is 5.19. The summed E-state index contributed by atoms with van der Waals surface area (Å²) in [6.07, 6.45) is 3.24. The molecule has 0 saturated heterocycles. The molecular weight excluding hydrogens is 461 g/mol. The number of benzene rings is 2. The highest BCUT2D eigenvalue weighted by Gasteiger charge is 2.16. The van der Waals surface area contributed by atoms with Crippen molar-refractivity contribution >= 4 is 46.5 Å². The first-order valence-corrected chi connectivity index (χ1v) is 10.3. The van der Waals surface area contributed by atoms with Crippen LogP contribution in [0.4, 0.5) is 5.82 Å². The molecule has 10 heteroatoms. The van der Waals surface area contributed by atoms with Crippen molar-refractivity contribution in [1.29, 1.82) is 0 Å². The van der Waals surface area contributed by atoms with Gasteiger partial charge in [-0.25, -0.2) is 4.68 Å². The number of rotatable bonds is 7. The van der Waals surface area contributed by atoms with Gasteiger partial charge >= 0.3 is 0 Å². The molecule has 0 aliphatic carbocycles. The molecule has 0 spiro atoms.